The number of imide groups is 1. The fourth-order valence-corrected chi connectivity index (χ4v) is 10.3. The highest BCUT2D eigenvalue weighted by molar-refractivity contribution is 6.05. The summed E-state index contributed by atoms with van der Waals surface area (Å²) in [6.07, 6.45) is 3.44. The maximum absolute atomic E-state index is 14.4. The molecule has 5 amide bonds. The zero-order chi connectivity index (χ0) is 41.2. The summed E-state index contributed by atoms with van der Waals surface area (Å²) in [6, 6.07) is 11.7. The third-order valence-electron chi connectivity index (χ3n) is 13.7. The number of phenols is 1. The van der Waals surface area contributed by atoms with E-state index in [1.54, 1.807) is 17.0 Å². The summed E-state index contributed by atoms with van der Waals surface area (Å²) in [7, 11) is 0. The molecule has 7 heterocycles. The van der Waals surface area contributed by atoms with Gasteiger partial charge in [0.25, 0.3) is 5.91 Å². The van der Waals surface area contributed by atoms with E-state index in [0.717, 1.165) is 68.9 Å². The summed E-state index contributed by atoms with van der Waals surface area (Å²) >= 11 is 0. The van der Waals surface area contributed by atoms with Crippen LogP contribution in [0.3, 0.4) is 0 Å². The zero-order valence-electron chi connectivity index (χ0n) is 34.0. The molecule has 9 rings (SSSR count). The second kappa shape index (κ2) is 14.9. The van der Waals surface area contributed by atoms with Crippen molar-refractivity contribution in [1.82, 2.24) is 35.1 Å². The van der Waals surface area contributed by atoms with Crippen molar-refractivity contribution in [3.05, 3.63) is 59.4 Å². The number of anilines is 3. The molecule has 3 aromatic rings. The molecule has 15 nitrogen and oxygen atoms in total. The summed E-state index contributed by atoms with van der Waals surface area (Å²) in [6.45, 7) is 14.2. The van der Waals surface area contributed by atoms with Crippen molar-refractivity contribution in [2.24, 2.45) is 5.92 Å². The van der Waals surface area contributed by atoms with Gasteiger partial charge in [0.05, 0.1) is 22.5 Å². The predicted octanol–water partition coefficient (Wildman–Crippen LogP) is 3.88. The number of aromatic hydroxyl groups is 1. The molecule has 3 N–H and O–H groups in total. The summed E-state index contributed by atoms with van der Waals surface area (Å²) in [5, 5.41) is 24.9. The summed E-state index contributed by atoms with van der Waals surface area (Å²) in [4.78, 5) is 64.8. The molecular weight excluding hydrogens is 756 g/mol. The number of nitrogens with one attached hydrogen (secondary N) is 2. The molecule has 0 bridgehead atoms. The standard InChI is InChI=1S/C43H53FN10O5/c1-4-43-24-45-38-35(21-33(47-48-38)30-6-5-7-32(44)37(30)56)53(43)19-17-51(26-43)41(59)54-18-16-49(25-42(54,2)3)22-27-12-14-50(15-13-27)29-9-8-28-23-52(40(58)31(28)20-29)34-10-11-36(55)46-39(34)57/h5-9,20-21,27,34,56H,4,10-19,22-26H2,1-3H3,(H,45,48)(H,46,55,57)/t34-,43+/m0/s1. The second-order valence-electron chi connectivity index (χ2n) is 17.8. The average Bonchev–Trinajstić information content (AvgIpc) is 3.55. The van der Waals surface area contributed by atoms with E-state index in [2.05, 4.69) is 67.3 Å². The summed E-state index contributed by atoms with van der Waals surface area (Å²) in [5.74, 6) is -0.835. The fourth-order valence-electron chi connectivity index (χ4n) is 10.3. The van der Waals surface area contributed by atoms with E-state index in [-0.39, 0.29) is 40.9 Å². The Hall–Kier alpha value is -5.51. The van der Waals surface area contributed by atoms with Crippen molar-refractivity contribution < 1.29 is 28.7 Å². The molecule has 0 radical (unpaired) electrons. The molecule has 2 aromatic carbocycles. The molecule has 0 unspecified atom stereocenters. The number of hydrogen-bond donors (Lipinski definition) is 3. The molecular formula is C43H53FN10O5. The van der Waals surface area contributed by atoms with Crippen LogP contribution in [0, 0.1) is 11.7 Å². The molecule has 0 spiro atoms. The number of para-hydroxylation sites is 1. The number of carbonyl (C=O) groups excluding carboxylic acids is 4. The van der Waals surface area contributed by atoms with Crippen LogP contribution < -0.4 is 20.4 Å². The number of hydrogen-bond acceptors (Lipinski definition) is 11. The van der Waals surface area contributed by atoms with Gasteiger partial charge >= 0.3 is 6.03 Å². The monoisotopic (exact) mass is 808 g/mol. The van der Waals surface area contributed by atoms with Crippen LogP contribution in [0.4, 0.5) is 26.4 Å². The lowest BCUT2D eigenvalue weighted by Crippen LogP contribution is -2.71. The molecule has 4 saturated heterocycles. The Balaban J connectivity index is 0.792. The number of piperidine rings is 2. The van der Waals surface area contributed by atoms with Crippen molar-refractivity contribution in [2.75, 3.05) is 80.6 Å². The van der Waals surface area contributed by atoms with Gasteiger partial charge in [-0.05, 0) is 81.3 Å². The van der Waals surface area contributed by atoms with E-state index in [0.29, 0.717) is 68.7 Å². The normalized spacial score (nSPS) is 24.7. The first kappa shape index (κ1) is 39.0. The second-order valence-corrected chi connectivity index (χ2v) is 17.8. The van der Waals surface area contributed by atoms with Gasteiger partial charge in [-0.15, -0.1) is 10.2 Å². The lowest BCUT2D eigenvalue weighted by atomic mass is 9.87. The minimum atomic E-state index is -0.712. The van der Waals surface area contributed by atoms with E-state index >= 15 is 0 Å². The molecule has 16 heteroatoms. The van der Waals surface area contributed by atoms with E-state index in [4.69, 9.17) is 0 Å². The van der Waals surface area contributed by atoms with Crippen LogP contribution in [-0.4, -0.2) is 141 Å². The molecule has 6 aliphatic heterocycles. The van der Waals surface area contributed by atoms with Crippen LogP contribution in [0.15, 0.2) is 42.5 Å². The topological polar surface area (TPSA) is 158 Å². The largest absolute Gasteiger partial charge is 0.504 e. The number of carbonyl (C=O) groups is 4. The van der Waals surface area contributed by atoms with Gasteiger partial charge < -0.3 is 34.9 Å². The van der Waals surface area contributed by atoms with E-state index in [9.17, 15) is 28.7 Å². The molecule has 2 atom stereocenters. The minimum absolute atomic E-state index is 0.0625. The van der Waals surface area contributed by atoms with Gasteiger partial charge in [-0.3, -0.25) is 24.6 Å². The van der Waals surface area contributed by atoms with Gasteiger partial charge in [0, 0.05) is 95.2 Å². The first-order chi connectivity index (χ1) is 28.3. The number of halogens is 1. The van der Waals surface area contributed by atoms with Crippen LogP contribution in [0.2, 0.25) is 0 Å². The quantitative estimate of drug-likeness (QED) is 0.311. The van der Waals surface area contributed by atoms with Crippen molar-refractivity contribution in [3.63, 3.8) is 0 Å². The third-order valence-corrected chi connectivity index (χ3v) is 13.7. The number of amides is 5. The number of aromatic nitrogens is 2. The van der Waals surface area contributed by atoms with Gasteiger partial charge in [-0.25, -0.2) is 9.18 Å². The number of phenolic OH excluding ortho intramolecular Hbond substituents is 1. The minimum Gasteiger partial charge on any atom is -0.504 e. The van der Waals surface area contributed by atoms with E-state index in [1.807, 2.05) is 23.1 Å². The van der Waals surface area contributed by atoms with Crippen LogP contribution in [0.1, 0.15) is 68.8 Å². The molecule has 4 fully saturated rings. The van der Waals surface area contributed by atoms with Crippen LogP contribution in [0.5, 0.6) is 5.75 Å². The SMILES string of the molecule is CC[C@]12CNc3nnc(-c4cccc(F)c4O)cc3N1CCN(C(=O)N1CCN(CC3CCN(c4ccc5c(c4)C(=O)N([C@H]4CCC(=O)NC4=O)C5)CC3)CC1(C)C)C2. The maximum atomic E-state index is 14.4. The van der Waals surface area contributed by atoms with E-state index in [1.165, 1.54) is 6.07 Å². The Morgan fingerprint density at radius 1 is 0.949 bits per heavy atom. The number of fused-ring (bicyclic) bond motifs is 4. The maximum Gasteiger partial charge on any atom is 0.320 e. The fraction of sp³-hybridized carbons (Fsp3) is 0.535. The highest BCUT2D eigenvalue weighted by Gasteiger charge is 2.48. The number of rotatable bonds is 6. The van der Waals surface area contributed by atoms with Gasteiger partial charge in [-0.2, -0.15) is 0 Å². The first-order valence-electron chi connectivity index (χ1n) is 21.0. The first-order valence-corrected chi connectivity index (χ1v) is 21.0. The smallest absolute Gasteiger partial charge is 0.320 e. The number of benzene rings is 2. The lowest BCUT2D eigenvalue weighted by molar-refractivity contribution is -0.136. The lowest BCUT2D eigenvalue weighted by Gasteiger charge is -2.56. The number of nitrogens with zero attached hydrogens (tertiary/aromatic N) is 8. The Bertz CT molecular complexity index is 2200. The molecule has 6 aliphatic rings. The van der Waals surface area contributed by atoms with Crippen LogP contribution in [-0.2, 0) is 16.1 Å². The van der Waals surface area contributed by atoms with Crippen molar-refractivity contribution >= 4 is 40.9 Å². The average molecular weight is 809 g/mol. The van der Waals surface area contributed by atoms with Gasteiger partial charge in [-0.1, -0.05) is 19.1 Å². The zero-order valence-corrected chi connectivity index (χ0v) is 34.0. The van der Waals surface area contributed by atoms with Crippen LogP contribution in [0.25, 0.3) is 11.3 Å². The third kappa shape index (κ3) is 6.98. The number of urea groups is 1. The molecule has 59 heavy (non-hydrogen) atoms. The summed E-state index contributed by atoms with van der Waals surface area (Å²) in [5.41, 5.74) is 3.34. The molecule has 312 valence electrons. The Kier molecular flexibility index (Phi) is 9.87. The molecule has 1 aromatic heterocycles. The van der Waals surface area contributed by atoms with Gasteiger partial charge in [0.2, 0.25) is 11.8 Å². The predicted molar refractivity (Wildman–Crippen MR) is 220 cm³/mol. The number of piperazine rings is 2. The Morgan fingerprint density at radius 3 is 2.53 bits per heavy atom. The Labute approximate surface area is 343 Å². The summed E-state index contributed by atoms with van der Waals surface area (Å²) < 4.78 is 14.2. The van der Waals surface area contributed by atoms with Gasteiger partial charge in [0.1, 0.15) is 6.04 Å². The van der Waals surface area contributed by atoms with Crippen molar-refractivity contribution in [2.45, 2.75) is 76.5 Å². The van der Waals surface area contributed by atoms with Crippen LogP contribution >= 0.6 is 0 Å². The molecule has 0 aliphatic carbocycles. The van der Waals surface area contributed by atoms with Crippen molar-refractivity contribution in [1.29, 1.82) is 0 Å². The van der Waals surface area contributed by atoms with Gasteiger partial charge in [0.15, 0.2) is 17.4 Å². The van der Waals surface area contributed by atoms with Crippen molar-refractivity contribution in [3.8, 4) is 17.0 Å². The van der Waals surface area contributed by atoms with E-state index < -0.39 is 23.5 Å². The molecule has 0 saturated carbocycles. The highest BCUT2D eigenvalue weighted by Crippen LogP contribution is 2.42. The Morgan fingerprint density at radius 2 is 1.76 bits per heavy atom. The highest BCUT2D eigenvalue weighted by atomic mass is 19.1.